The second-order valence-corrected chi connectivity index (χ2v) is 5.36. The zero-order chi connectivity index (χ0) is 15.0. The quantitative estimate of drug-likeness (QED) is 0.876. The highest BCUT2D eigenvalue weighted by Gasteiger charge is 2.51. The van der Waals surface area contributed by atoms with Gasteiger partial charge in [0.05, 0.1) is 0 Å². The fourth-order valence-corrected chi connectivity index (χ4v) is 2.37. The molecule has 0 saturated carbocycles. The largest absolute Gasteiger partial charge is 0.421 e. The van der Waals surface area contributed by atoms with Gasteiger partial charge in [-0.05, 0) is 31.5 Å². The first-order valence-corrected chi connectivity index (χ1v) is 6.60. The molecule has 1 heterocycles. The third-order valence-electron chi connectivity index (χ3n) is 3.81. The number of benzene rings is 1. The summed E-state index contributed by atoms with van der Waals surface area (Å²) in [5, 5.41) is 12.9. The van der Waals surface area contributed by atoms with E-state index in [1.165, 1.54) is 12.1 Å². The number of halogens is 3. The number of piperazine rings is 1. The molecule has 1 unspecified atom stereocenters. The molecule has 0 bridgehead atoms. The Labute approximate surface area is 116 Å². The lowest BCUT2D eigenvalue weighted by Crippen LogP contribution is -2.50. The smallest absolute Gasteiger partial charge is 0.376 e. The fraction of sp³-hybridized carbons (Fsp3) is 0.571. The lowest BCUT2D eigenvalue weighted by Gasteiger charge is -2.36. The molecule has 3 nitrogen and oxygen atoms in total. The van der Waals surface area contributed by atoms with Gasteiger partial charge in [0.1, 0.15) is 0 Å². The van der Waals surface area contributed by atoms with Gasteiger partial charge in [0.2, 0.25) is 0 Å². The summed E-state index contributed by atoms with van der Waals surface area (Å²) in [4.78, 5) is 2.14. The molecule has 1 aromatic carbocycles. The van der Waals surface area contributed by atoms with Crippen LogP contribution < -0.4 is 10.2 Å². The SMILES string of the molecule is C[C@H]1CNCCN1c1ccc(C(C)(O)C(F)(F)F)cc1. The minimum absolute atomic E-state index is 0.142. The maximum Gasteiger partial charge on any atom is 0.421 e. The number of anilines is 1. The predicted molar refractivity (Wildman–Crippen MR) is 71.7 cm³/mol. The van der Waals surface area contributed by atoms with Crippen LogP contribution in [0.15, 0.2) is 24.3 Å². The highest BCUT2D eigenvalue weighted by atomic mass is 19.4. The fourth-order valence-electron chi connectivity index (χ4n) is 2.37. The Hall–Kier alpha value is -1.27. The van der Waals surface area contributed by atoms with Crippen molar-refractivity contribution < 1.29 is 18.3 Å². The van der Waals surface area contributed by atoms with Gasteiger partial charge in [0.15, 0.2) is 5.60 Å². The van der Waals surface area contributed by atoms with Crippen LogP contribution in [0.1, 0.15) is 19.4 Å². The number of aliphatic hydroxyl groups is 1. The van der Waals surface area contributed by atoms with Crippen molar-refractivity contribution in [2.75, 3.05) is 24.5 Å². The Morgan fingerprint density at radius 3 is 2.35 bits per heavy atom. The molecular weight excluding hydrogens is 269 g/mol. The van der Waals surface area contributed by atoms with Crippen molar-refractivity contribution in [3.8, 4) is 0 Å². The molecular formula is C14H19F3N2O. The van der Waals surface area contributed by atoms with Crippen LogP contribution >= 0.6 is 0 Å². The van der Waals surface area contributed by atoms with E-state index in [2.05, 4.69) is 17.1 Å². The van der Waals surface area contributed by atoms with Gasteiger partial charge in [-0.2, -0.15) is 13.2 Å². The number of hydrogen-bond acceptors (Lipinski definition) is 3. The van der Waals surface area contributed by atoms with E-state index < -0.39 is 11.8 Å². The van der Waals surface area contributed by atoms with Crippen LogP contribution in [0.2, 0.25) is 0 Å². The Morgan fingerprint density at radius 2 is 1.85 bits per heavy atom. The van der Waals surface area contributed by atoms with Gasteiger partial charge < -0.3 is 15.3 Å². The summed E-state index contributed by atoms with van der Waals surface area (Å²) >= 11 is 0. The summed E-state index contributed by atoms with van der Waals surface area (Å²) in [6.07, 6.45) is -4.68. The summed E-state index contributed by atoms with van der Waals surface area (Å²) in [6.45, 7) is 5.35. The van der Waals surface area contributed by atoms with Crippen molar-refractivity contribution in [3.05, 3.63) is 29.8 Å². The van der Waals surface area contributed by atoms with Gasteiger partial charge in [0.25, 0.3) is 0 Å². The maximum absolute atomic E-state index is 12.8. The first-order chi connectivity index (χ1) is 9.23. The van der Waals surface area contributed by atoms with E-state index in [4.69, 9.17) is 0 Å². The average Bonchev–Trinajstić information content (AvgIpc) is 2.38. The molecule has 1 aliphatic heterocycles. The van der Waals surface area contributed by atoms with Gasteiger partial charge in [-0.15, -0.1) is 0 Å². The molecule has 112 valence electrons. The van der Waals surface area contributed by atoms with Crippen LogP contribution in [0.25, 0.3) is 0 Å². The lowest BCUT2D eigenvalue weighted by molar-refractivity contribution is -0.258. The molecule has 0 aliphatic carbocycles. The molecule has 1 fully saturated rings. The third kappa shape index (κ3) is 2.76. The summed E-state index contributed by atoms with van der Waals surface area (Å²) in [5.41, 5.74) is -2.09. The Bertz CT molecular complexity index is 456. The first-order valence-electron chi connectivity index (χ1n) is 6.60. The molecule has 0 spiro atoms. The Balaban J connectivity index is 2.22. The standard InChI is InChI=1S/C14H19F3N2O/c1-10-9-18-7-8-19(10)12-5-3-11(4-6-12)13(2,20)14(15,16)17/h3-6,10,18,20H,7-9H2,1-2H3/t10-,13?/m0/s1. The molecule has 0 aromatic heterocycles. The summed E-state index contributed by atoms with van der Waals surface area (Å²) in [7, 11) is 0. The molecule has 0 amide bonds. The van der Waals surface area contributed by atoms with Gasteiger partial charge in [0, 0.05) is 31.4 Å². The highest BCUT2D eigenvalue weighted by Crippen LogP contribution is 2.38. The minimum atomic E-state index is -4.68. The van der Waals surface area contributed by atoms with Gasteiger partial charge in [-0.1, -0.05) is 12.1 Å². The van der Waals surface area contributed by atoms with Crippen molar-refractivity contribution in [2.24, 2.45) is 0 Å². The maximum atomic E-state index is 12.8. The number of alkyl halides is 3. The first kappa shape index (κ1) is 15.1. The zero-order valence-corrected chi connectivity index (χ0v) is 11.5. The van der Waals surface area contributed by atoms with Gasteiger partial charge in [-0.25, -0.2) is 0 Å². The Morgan fingerprint density at radius 1 is 1.25 bits per heavy atom. The van der Waals surface area contributed by atoms with Crippen molar-refractivity contribution in [2.45, 2.75) is 31.7 Å². The molecule has 1 aliphatic rings. The van der Waals surface area contributed by atoms with Crippen LogP contribution in [-0.2, 0) is 5.60 Å². The topological polar surface area (TPSA) is 35.5 Å². The van der Waals surface area contributed by atoms with Crippen molar-refractivity contribution in [1.82, 2.24) is 5.32 Å². The van der Waals surface area contributed by atoms with Crippen molar-refractivity contribution in [1.29, 1.82) is 0 Å². The zero-order valence-electron chi connectivity index (χ0n) is 11.5. The van der Waals surface area contributed by atoms with E-state index in [-0.39, 0.29) is 11.6 Å². The van der Waals surface area contributed by atoms with Crippen molar-refractivity contribution >= 4 is 5.69 Å². The van der Waals surface area contributed by atoms with Crippen LogP contribution in [0.4, 0.5) is 18.9 Å². The summed E-state index contributed by atoms with van der Waals surface area (Å²) in [5.74, 6) is 0. The molecule has 6 heteroatoms. The molecule has 1 saturated heterocycles. The van der Waals surface area contributed by atoms with Crippen LogP contribution in [0.3, 0.4) is 0 Å². The van der Waals surface area contributed by atoms with Crippen LogP contribution in [0.5, 0.6) is 0 Å². The van der Waals surface area contributed by atoms with E-state index in [1.807, 2.05) is 0 Å². The van der Waals surface area contributed by atoms with Crippen LogP contribution in [-0.4, -0.2) is 37.0 Å². The van der Waals surface area contributed by atoms with E-state index in [9.17, 15) is 18.3 Å². The van der Waals surface area contributed by atoms with Gasteiger partial charge in [-0.3, -0.25) is 0 Å². The second-order valence-electron chi connectivity index (χ2n) is 5.36. The second kappa shape index (κ2) is 5.26. The summed E-state index contributed by atoms with van der Waals surface area (Å²) in [6, 6.07) is 6.25. The normalized spacial score (nSPS) is 23.5. The molecule has 1 aromatic rings. The van der Waals surface area contributed by atoms with E-state index in [0.29, 0.717) is 0 Å². The third-order valence-corrected chi connectivity index (χ3v) is 3.81. The lowest BCUT2D eigenvalue weighted by atomic mass is 9.95. The molecule has 2 N–H and O–H groups in total. The summed E-state index contributed by atoms with van der Waals surface area (Å²) < 4.78 is 38.3. The van der Waals surface area contributed by atoms with Crippen LogP contribution in [0, 0.1) is 0 Å². The number of nitrogens with zero attached hydrogens (tertiary/aromatic N) is 1. The van der Waals surface area contributed by atoms with E-state index in [1.54, 1.807) is 12.1 Å². The minimum Gasteiger partial charge on any atom is -0.376 e. The van der Waals surface area contributed by atoms with Crippen molar-refractivity contribution in [3.63, 3.8) is 0 Å². The predicted octanol–water partition coefficient (Wildman–Crippen LogP) is 2.25. The number of rotatable bonds is 2. The highest BCUT2D eigenvalue weighted by molar-refractivity contribution is 5.50. The Kier molecular flexibility index (Phi) is 3.97. The van der Waals surface area contributed by atoms with E-state index >= 15 is 0 Å². The monoisotopic (exact) mass is 288 g/mol. The average molecular weight is 288 g/mol. The van der Waals surface area contributed by atoms with Gasteiger partial charge >= 0.3 is 6.18 Å². The molecule has 20 heavy (non-hydrogen) atoms. The molecule has 0 radical (unpaired) electrons. The van der Waals surface area contributed by atoms with E-state index in [0.717, 1.165) is 32.2 Å². The number of hydrogen-bond donors (Lipinski definition) is 2. The molecule has 2 rings (SSSR count). The number of nitrogens with one attached hydrogen (secondary N) is 1. The molecule has 2 atom stereocenters.